The third kappa shape index (κ3) is 4.46. The number of hydrogen-bond acceptors (Lipinski definition) is 3. The highest BCUT2D eigenvalue weighted by Gasteiger charge is 2.14. The maximum Gasteiger partial charge on any atom is 0.244 e. The summed E-state index contributed by atoms with van der Waals surface area (Å²) in [5.41, 5.74) is 0.875. The van der Waals surface area contributed by atoms with E-state index < -0.39 is 0 Å². The zero-order chi connectivity index (χ0) is 15.0. The van der Waals surface area contributed by atoms with Crippen molar-refractivity contribution < 1.29 is 14.3 Å². The van der Waals surface area contributed by atoms with Crippen LogP contribution in [0.25, 0.3) is 0 Å². The molecular weight excluding hydrogens is 254 g/mol. The number of allylic oxidation sites excluding steroid dienone is 3. The molecule has 0 spiro atoms. The van der Waals surface area contributed by atoms with Gasteiger partial charge >= 0.3 is 0 Å². The summed E-state index contributed by atoms with van der Waals surface area (Å²) in [6, 6.07) is 5.33. The fourth-order valence-corrected chi connectivity index (χ4v) is 1.77. The maximum atomic E-state index is 11.8. The van der Waals surface area contributed by atoms with Gasteiger partial charge in [0.2, 0.25) is 5.91 Å². The highest BCUT2D eigenvalue weighted by atomic mass is 16.5. The van der Waals surface area contributed by atoms with Crippen molar-refractivity contribution in [2.24, 2.45) is 0 Å². The quantitative estimate of drug-likeness (QED) is 0.641. The normalized spacial score (nSPS) is 12.6. The Morgan fingerprint density at radius 1 is 1.25 bits per heavy atom. The lowest BCUT2D eigenvalue weighted by Crippen LogP contribution is -2.25. The number of amides is 1. The standard InChI is InChI=1S/C16H21NO3/c1-5-6-7-8-16(18)17-12(2)14-11-13(19-3)9-10-15(14)20-4/h5-12H,1-4H3,(H,17,18)/b6-5+,8-7+/t12-/m0/s1. The molecule has 0 heterocycles. The van der Waals surface area contributed by atoms with E-state index in [-0.39, 0.29) is 11.9 Å². The van der Waals surface area contributed by atoms with Crippen molar-refractivity contribution in [2.75, 3.05) is 14.2 Å². The Morgan fingerprint density at radius 3 is 2.60 bits per heavy atom. The van der Waals surface area contributed by atoms with Crippen molar-refractivity contribution in [2.45, 2.75) is 19.9 Å². The maximum absolute atomic E-state index is 11.8. The van der Waals surface area contributed by atoms with E-state index in [4.69, 9.17) is 9.47 Å². The number of carbonyl (C=O) groups excluding carboxylic acids is 1. The zero-order valence-electron chi connectivity index (χ0n) is 12.3. The van der Waals surface area contributed by atoms with Crippen molar-refractivity contribution in [1.29, 1.82) is 0 Å². The Balaban J connectivity index is 2.85. The van der Waals surface area contributed by atoms with Crippen LogP contribution in [0.5, 0.6) is 11.5 Å². The second-order valence-corrected chi connectivity index (χ2v) is 4.22. The van der Waals surface area contributed by atoms with E-state index in [2.05, 4.69) is 5.32 Å². The molecule has 0 radical (unpaired) electrons. The molecule has 4 heteroatoms. The molecule has 0 unspecified atom stereocenters. The molecule has 4 nitrogen and oxygen atoms in total. The van der Waals surface area contributed by atoms with Crippen molar-refractivity contribution in [3.63, 3.8) is 0 Å². The molecule has 1 atom stereocenters. The topological polar surface area (TPSA) is 47.6 Å². The number of methoxy groups -OCH3 is 2. The Bertz CT molecular complexity index is 506. The monoisotopic (exact) mass is 275 g/mol. The first-order chi connectivity index (χ1) is 9.62. The number of carbonyl (C=O) groups is 1. The van der Waals surface area contributed by atoms with E-state index in [0.717, 1.165) is 17.1 Å². The van der Waals surface area contributed by atoms with Crippen LogP contribution in [-0.4, -0.2) is 20.1 Å². The molecule has 0 saturated carbocycles. The molecule has 1 aromatic carbocycles. The summed E-state index contributed by atoms with van der Waals surface area (Å²) in [5, 5.41) is 2.89. The third-order valence-corrected chi connectivity index (χ3v) is 2.81. The fraction of sp³-hybridized carbons (Fsp3) is 0.312. The van der Waals surface area contributed by atoms with Crippen molar-refractivity contribution in [3.8, 4) is 11.5 Å². The Labute approximate surface area is 120 Å². The minimum atomic E-state index is -0.178. The van der Waals surface area contributed by atoms with Crippen LogP contribution in [0.15, 0.2) is 42.5 Å². The zero-order valence-corrected chi connectivity index (χ0v) is 12.3. The van der Waals surface area contributed by atoms with Crippen molar-refractivity contribution in [3.05, 3.63) is 48.1 Å². The first-order valence-corrected chi connectivity index (χ1v) is 6.44. The lowest BCUT2D eigenvalue weighted by Gasteiger charge is -2.17. The molecule has 20 heavy (non-hydrogen) atoms. The van der Waals surface area contributed by atoms with Crippen LogP contribution in [0.1, 0.15) is 25.5 Å². The smallest absolute Gasteiger partial charge is 0.244 e. The summed E-state index contributed by atoms with van der Waals surface area (Å²) in [4.78, 5) is 11.8. The van der Waals surface area contributed by atoms with E-state index in [1.54, 1.807) is 26.4 Å². The summed E-state index contributed by atoms with van der Waals surface area (Å²) in [7, 11) is 3.21. The Morgan fingerprint density at radius 2 is 2.00 bits per heavy atom. The Kier molecular flexibility index (Phi) is 6.37. The average molecular weight is 275 g/mol. The van der Waals surface area contributed by atoms with E-state index in [0.29, 0.717) is 0 Å². The number of rotatable bonds is 6. The predicted molar refractivity (Wildman–Crippen MR) is 80.1 cm³/mol. The summed E-state index contributed by atoms with van der Waals surface area (Å²) in [6.45, 7) is 3.80. The Hall–Kier alpha value is -2.23. The van der Waals surface area contributed by atoms with E-state index in [9.17, 15) is 4.79 Å². The van der Waals surface area contributed by atoms with Gasteiger partial charge in [0.05, 0.1) is 20.3 Å². The number of hydrogen-bond donors (Lipinski definition) is 1. The van der Waals surface area contributed by atoms with E-state index >= 15 is 0 Å². The average Bonchev–Trinajstić information content (AvgIpc) is 2.46. The van der Waals surface area contributed by atoms with Crippen LogP contribution in [-0.2, 0) is 4.79 Å². The molecule has 0 aliphatic heterocycles. The fourth-order valence-electron chi connectivity index (χ4n) is 1.77. The third-order valence-electron chi connectivity index (χ3n) is 2.81. The highest BCUT2D eigenvalue weighted by molar-refractivity contribution is 5.88. The van der Waals surface area contributed by atoms with Gasteiger partial charge in [0, 0.05) is 11.6 Å². The van der Waals surface area contributed by atoms with Gasteiger partial charge in [0.15, 0.2) is 0 Å². The SMILES string of the molecule is C/C=C/C=C/C(=O)N[C@@H](C)c1cc(OC)ccc1OC. The van der Waals surface area contributed by atoms with Gasteiger partial charge in [-0.05, 0) is 32.0 Å². The largest absolute Gasteiger partial charge is 0.497 e. The van der Waals surface area contributed by atoms with Gasteiger partial charge in [0.1, 0.15) is 11.5 Å². The lowest BCUT2D eigenvalue weighted by molar-refractivity contribution is -0.117. The first-order valence-electron chi connectivity index (χ1n) is 6.44. The second kappa shape index (κ2) is 8.04. The number of benzene rings is 1. The van der Waals surface area contributed by atoms with E-state index in [1.807, 2.05) is 38.1 Å². The van der Waals surface area contributed by atoms with Crippen LogP contribution < -0.4 is 14.8 Å². The first kappa shape index (κ1) is 15.8. The predicted octanol–water partition coefficient (Wildman–Crippen LogP) is 3.01. The molecule has 1 amide bonds. The van der Waals surface area contributed by atoms with Gasteiger partial charge in [-0.25, -0.2) is 0 Å². The van der Waals surface area contributed by atoms with Gasteiger partial charge in [0.25, 0.3) is 0 Å². The second-order valence-electron chi connectivity index (χ2n) is 4.22. The number of nitrogens with one attached hydrogen (secondary N) is 1. The van der Waals surface area contributed by atoms with Crippen LogP contribution in [0.4, 0.5) is 0 Å². The van der Waals surface area contributed by atoms with Crippen molar-refractivity contribution in [1.82, 2.24) is 5.32 Å². The molecule has 0 bridgehead atoms. The summed E-state index contributed by atoms with van der Waals surface area (Å²) in [5.74, 6) is 1.29. The molecular formula is C16H21NO3. The minimum Gasteiger partial charge on any atom is -0.497 e. The minimum absolute atomic E-state index is 0.152. The van der Waals surface area contributed by atoms with Crippen molar-refractivity contribution >= 4 is 5.91 Å². The molecule has 0 aliphatic carbocycles. The van der Waals surface area contributed by atoms with Crippen LogP contribution in [0.3, 0.4) is 0 Å². The van der Waals surface area contributed by atoms with Gasteiger partial charge in [-0.3, -0.25) is 4.79 Å². The summed E-state index contributed by atoms with van der Waals surface area (Å²) in [6.07, 6.45) is 6.85. The van der Waals surface area contributed by atoms with Gasteiger partial charge < -0.3 is 14.8 Å². The molecule has 1 rings (SSSR count). The lowest BCUT2D eigenvalue weighted by atomic mass is 10.1. The van der Waals surface area contributed by atoms with Crippen LogP contribution >= 0.6 is 0 Å². The summed E-state index contributed by atoms with van der Waals surface area (Å²) < 4.78 is 10.5. The van der Waals surface area contributed by atoms with Crippen LogP contribution in [0.2, 0.25) is 0 Å². The molecule has 0 fully saturated rings. The molecule has 0 saturated heterocycles. The molecule has 0 aromatic heterocycles. The number of ether oxygens (including phenoxy) is 2. The van der Waals surface area contributed by atoms with Gasteiger partial charge in [-0.2, -0.15) is 0 Å². The highest BCUT2D eigenvalue weighted by Crippen LogP contribution is 2.29. The van der Waals surface area contributed by atoms with E-state index in [1.165, 1.54) is 6.08 Å². The van der Waals surface area contributed by atoms with Gasteiger partial charge in [-0.15, -0.1) is 0 Å². The van der Waals surface area contributed by atoms with Crippen LogP contribution in [0, 0.1) is 0 Å². The summed E-state index contributed by atoms with van der Waals surface area (Å²) >= 11 is 0. The van der Waals surface area contributed by atoms with Gasteiger partial charge in [-0.1, -0.05) is 18.2 Å². The molecule has 1 aromatic rings. The molecule has 108 valence electrons. The molecule has 1 N–H and O–H groups in total. The molecule has 0 aliphatic rings.